The van der Waals surface area contributed by atoms with Gasteiger partial charge in [0.2, 0.25) is 0 Å². The zero-order chi connectivity index (χ0) is 40.3. The Bertz CT molecular complexity index is 3620. The molecule has 2 heterocycles. The van der Waals surface area contributed by atoms with E-state index in [2.05, 4.69) is 211 Å². The van der Waals surface area contributed by atoms with Crippen LogP contribution < -0.4 is 0 Å². The number of para-hydroxylation sites is 2. The zero-order valence-electron chi connectivity index (χ0n) is 33.2. The Balaban J connectivity index is 0.974. The van der Waals surface area contributed by atoms with E-state index in [0.717, 1.165) is 44.9 Å². The molecule has 10 aromatic carbocycles. The minimum absolute atomic E-state index is 0.698. The van der Waals surface area contributed by atoms with Crippen LogP contribution in [0.15, 0.2) is 224 Å². The number of fused-ring (bicyclic) bond motifs is 7. The number of hydrogen-bond donors (Lipinski definition) is 0. The van der Waals surface area contributed by atoms with Crippen LogP contribution in [0.1, 0.15) is 0 Å². The van der Waals surface area contributed by atoms with Crippen LogP contribution in [0.2, 0.25) is 0 Å². The predicted octanol–water partition coefficient (Wildman–Crippen LogP) is 15.4. The Labute approximate surface area is 353 Å². The largest absolute Gasteiger partial charge is 0.309 e. The Morgan fingerprint density at radius 1 is 0.279 bits per heavy atom. The van der Waals surface area contributed by atoms with Crippen LogP contribution >= 0.6 is 0 Å². The van der Waals surface area contributed by atoms with Crippen LogP contribution in [0.25, 0.3) is 116 Å². The van der Waals surface area contributed by atoms with Crippen LogP contribution in [0.3, 0.4) is 0 Å². The van der Waals surface area contributed by atoms with Gasteiger partial charge in [0.25, 0.3) is 0 Å². The number of aromatic nitrogens is 3. The van der Waals surface area contributed by atoms with Crippen LogP contribution in [-0.4, -0.2) is 14.5 Å². The van der Waals surface area contributed by atoms with Crippen molar-refractivity contribution in [3.8, 4) is 61.8 Å². The summed E-state index contributed by atoms with van der Waals surface area (Å²) in [6.07, 6.45) is 0. The van der Waals surface area contributed by atoms with Gasteiger partial charge in [0.05, 0.1) is 22.4 Å². The summed E-state index contributed by atoms with van der Waals surface area (Å²) in [5.41, 5.74) is 13.0. The third kappa shape index (κ3) is 5.98. The fourth-order valence-corrected chi connectivity index (χ4v) is 9.26. The molecule has 0 unspecified atom stereocenters. The lowest BCUT2D eigenvalue weighted by molar-refractivity contribution is 1.18. The summed E-state index contributed by atoms with van der Waals surface area (Å²) in [7, 11) is 0. The van der Waals surface area contributed by atoms with Gasteiger partial charge in [-0.2, -0.15) is 0 Å². The van der Waals surface area contributed by atoms with Crippen molar-refractivity contribution in [3.63, 3.8) is 0 Å². The van der Waals surface area contributed by atoms with Crippen LogP contribution in [0, 0.1) is 0 Å². The fraction of sp³-hybridized carbons (Fsp3) is 0. The van der Waals surface area contributed by atoms with Crippen molar-refractivity contribution >= 4 is 54.1 Å². The molecule has 0 spiro atoms. The van der Waals surface area contributed by atoms with Gasteiger partial charge in [-0.1, -0.05) is 182 Å². The molecule has 0 N–H and O–H groups in total. The second-order valence-corrected chi connectivity index (χ2v) is 15.8. The molecular formula is C58H37N3. The van der Waals surface area contributed by atoms with Crippen molar-refractivity contribution in [1.82, 2.24) is 14.5 Å². The minimum atomic E-state index is 0.698. The Morgan fingerprint density at radius 3 is 1.67 bits per heavy atom. The van der Waals surface area contributed by atoms with E-state index in [0.29, 0.717) is 5.82 Å². The topological polar surface area (TPSA) is 30.7 Å². The maximum atomic E-state index is 5.21. The van der Waals surface area contributed by atoms with Crippen molar-refractivity contribution in [2.75, 3.05) is 0 Å². The minimum Gasteiger partial charge on any atom is -0.309 e. The van der Waals surface area contributed by atoms with Crippen molar-refractivity contribution in [2.45, 2.75) is 0 Å². The number of benzene rings is 10. The Hall–Kier alpha value is -8.14. The molecule has 0 aliphatic heterocycles. The van der Waals surface area contributed by atoms with Crippen LogP contribution in [-0.2, 0) is 0 Å². The second-order valence-electron chi connectivity index (χ2n) is 15.8. The molecule has 0 bridgehead atoms. The Kier molecular flexibility index (Phi) is 8.17. The van der Waals surface area contributed by atoms with Gasteiger partial charge in [-0.05, 0) is 97.0 Å². The van der Waals surface area contributed by atoms with E-state index in [1.807, 2.05) is 18.2 Å². The third-order valence-corrected chi connectivity index (χ3v) is 12.2. The van der Waals surface area contributed by atoms with E-state index < -0.39 is 0 Å². The molecule has 12 rings (SSSR count). The molecular weight excluding hydrogens is 739 g/mol. The predicted molar refractivity (Wildman–Crippen MR) is 256 cm³/mol. The molecule has 0 fully saturated rings. The maximum absolute atomic E-state index is 5.21. The van der Waals surface area contributed by atoms with Crippen LogP contribution in [0.4, 0.5) is 0 Å². The van der Waals surface area contributed by atoms with Gasteiger partial charge in [-0.15, -0.1) is 0 Å². The first-order chi connectivity index (χ1) is 30.2. The molecule has 3 nitrogen and oxygen atoms in total. The summed E-state index contributed by atoms with van der Waals surface area (Å²) in [5, 5.41) is 10.00. The molecule has 0 saturated carbocycles. The van der Waals surface area contributed by atoms with E-state index in [1.54, 1.807) is 0 Å². The lowest BCUT2D eigenvalue weighted by Crippen LogP contribution is -1.96. The van der Waals surface area contributed by atoms with Crippen molar-refractivity contribution < 1.29 is 0 Å². The molecule has 0 amide bonds. The summed E-state index contributed by atoms with van der Waals surface area (Å²) in [4.78, 5) is 10.4. The molecule has 2 aromatic heterocycles. The summed E-state index contributed by atoms with van der Waals surface area (Å²) in [6.45, 7) is 0. The lowest BCUT2D eigenvalue weighted by Gasteiger charge is -2.15. The quantitative estimate of drug-likeness (QED) is 0.124. The average Bonchev–Trinajstić information content (AvgIpc) is 3.67. The number of hydrogen-bond acceptors (Lipinski definition) is 2. The van der Waals surface area contributed by atoms with Gasteiger partial charge in [0.15, 0.2) is 5.82 Å². The van der Waals surface area contributed by atoms with Crippen molar-refractivity contribution in [3.05, 3.63) is 224 Å². The van der Waals surface area contributed by atoms with E-state index in [1.165, 1.54) is 65.3 Å². The number of nitrogens with zero attached hydrogens (tertiary/aromatic N) is 3. The standard InChI is InChI=1S/C58H37N3/c1-3-15-41(16-4-1)58-59-53(39-26-28-40(29-27-39)57-48-23-10-8-17-44(48)35-52-47-22-9-7-14-38(47)30-33-51(52)57)37-54(60-58)45-19-13-18-42(34-45)43-31-32-50-49-24-11-12-25-55(49)61(56(50)36-43)46-20-5-2-6-21-46/h1-37H. The summed E-state index contributed by atoms with van der Waals surface area (Å²) in [5.74, 6) is 0.698. The van der Waals surface area contributed by atoms with E-state index in [4.69, 9.17) is 9.97 Å². The summed E-state index contributed by atoms with van der Waals surface area (Å²) < 4.78 is 2.37. The smallest absolute Gasteiger partial charge is 0.160 e. The highest BCUT2D eigenvalue weighted by atomic mass is 15.0. The van der Waals surface area contributed by atoms with Crippen molar-refractivity contribution in [2.24, 2.45) is 0 Å². The zero-order valence-corrected chi connectivity index (χ0v) is 33.2. The molecule has 0 aliphatic carbocycles. The molecule has 61 heavy (non-hydrogen) atoms. The molecule has 0 saturated heterocycles. The molecule has 3 heteroatoms. The molecule has 0 atom stereocenters. The monoisotopic (exact) mass is 775 g/mol. The highest BCUT2D eigenvalue weighted by molar-refractivity contribution is 6.20. The van der Waals surface area contributed by atoms with Gasteiger partial charge in [-0.3, -0.25) is 0 Å². The SMILES string of the molecule is c1ccc(-c2nc(-c3ccc(-c4c5ccccc5cc5c4ccc4ccccc45)cc3)cc(-c3cccc(-c4ccc5c6ccccc6n(-c6ccccc6)c5c4)c3)n2)cc1. The Morgan fingerprint density at radius 2 is 0.852 bits per heavy atom. The van der Waals surface area contributed by atoms with E-state index >= 15 is 0 Å². The highest BCUT2D eigenvalue weighted by Gasteiger charge is 2.17. The van der Waals surface area contributed by atoms with Gasteiger partial charge in [0.1, 0.15) is 0 Å². The average molecular weight is 776 g/mol. The first kappa shape index (κ1) is 34.9. The fourth-order valence-electron chi connectivity index (χ4n) is 9.26. The molecule has 12 aromatic rings. The number of rotatable bonds is 6. The molecule has 0 radical (unpaired) electrons. The van der Waals surface area contributed by atoms with Gasteiger partial charge in [0, 0.05) is 33.2 Å². The summed E-state index contributed by atoms with van der Waals surface area (Å²) in [6, 6.07) is 80.5. The summed E-state index contributed by atoms with van der Waals surface area (Å²) >= 11 is 0. The second kappa shape index (κ2) is 14.3. The van der Waals surface area contributed by atoms with Crippen LogP contribution in [0.5, 0.6) is 0 Å². The molecule has 284 valence electrons. The lowest BCUT2D eigenvalue weighted by atomic mass is 9.89. The van der Waals surface area contributed by atoms with E-state index in [-0.39, 0.29) is 0 Å². The molecule has 0 aliphatic rings. The van der Waals surface area contributed by atoms with E-state index in [9.17, 15) is 0 Å². The van der Waals surface area contributed by atoms with Crippen molar-refractivity contribution in [1.29, 1.82) is 0 Å². The first-order valence-corrected chi connectivity index (χ1v) is 20.8. The third-order valence-electron chi connectivity index (χ3n) is 12.2. The normalized spacial score (nSPS) is 11.6. The highest BCUT2D eigenvalue weighted by Crippen LogP contribution is 2.41. The van der Waals surface area contributed by atoms with Gasteiger partial charge < -0.3 is 4.57 Å². The van der Waals surface area contributed by atoms with Gasteiger partial charge >= 0.3 is 0 Å². The van der Waals surface area contributed by atoms with Gasteiger partial charge in [-0.25, -0.2) is 9.97 Å². The maximum Gasteiger partial charge on any atom is 0.160 e. The first-order valence-electron chi connectivity index (χ1n) is 20.8.